The van der Waals surface area contributed by atoms with Crippen LogP contribution in [-0.4, -0.2) is 40.3 Å². The summed E-state index contributed by atoms with van der Waals surface area (Å²) in [7, 11) is 1.56. The zero-order chi connectivity index (χ0) is 19.5. The van der Waals surface area contributed by atoms with Crippen molar-refractivity contribution in [2.24, 2.45) is 9.98 Å². The Balaban J connectivity index is 1.66. The minimum Gasteiger partial charge on any atom is -0.492 e. The summed E-state index contributed by atoms with van der Waals surface area (Å²) in [5.41, 5.74) is 1.99. The number of hydroxylamine groups is 1. The summed E-state index contributed by atoms with van der Waals surface area (Å²) in [6.45, 7) is 0.243. The van der Waals surface area contributed by atoms with Gasteiger partial charge in [-0.25, -0.2) is 15.0 Å². The molecule has 2 heterocycles. The number of hydrogen-bond donors (Lipinski definition) is 3. The molecule has 2 aromatic carbocycles. The molecule has 0 fully saturated rings. The third-order valence-electron chi connectivity index (χ3n) is 4.42. The number of benzene rings is 2. The smallest absolute Gasteiger partial charge is 0.238 e. The van der Waals surface area contributed by atoms with Gasteiger partial charge in [0.15, 0.2) is 0 Å². The van der Waals surface area contributed by atoms with Crippen molar-refractivity contribution in [3.05, 3.63) is 70.4 Å². The van der Waals surface area contributed by atoms with E-state index in [-0.39, 0.29) is 18.4 Å². The molecular formula is C20H19N5O3. The van der Waals surface area contributed by atoms with E-state index < -0.39 is 6.04 Å². The van der Waals surface area contributed by atoms with E-state index in [1.54, 1.807) is 13.2 Å². The fourth-order valence-electron chi connectivity index (χ4n) is 3.03. The maximum Gasteiger partial charge on any atom is 0.238 e. The van der Waals surface area contributed by atoms with Gasteiger partial charge in [-0.15, -0.1) is 0 Å². The van der Waals surface area contributed by atoms with Gasteiger partial charge >= 0.3 is 0 Å². The van der Waals surface area contributed by atoms with Crippen molar-refractivity contribution in [2.75, 3.05) is 18.8 Å². The molecule has 3 N–H and O–H groups in total. The predicted octanol–water partition coefficient (Wildman–Crippen LogP) is 1.82. The number of nitrogens with zero attached hydrogens (tertiary/aromatic N) is 4. The topological polar surface area (TPSA) is 106 Å². The fourth-order valence-corrected chi connectivity index (χ4v) is 3.03. The van der Waals surface area contributed by atoms with Crippen LogP contribution in [-0.2, 0) is 4.74 Å². The number of aliphatic imine (C=N–C) groups is 1. The van der Waals surface area contributed by atoms with Crippen molar-refractivity contribution >= 4 is 24.1 Å². The summed E-state index contributed by atoms with van der Waals surface area (Å²) in [6.07, 6.45) is 3.23. The molecule has 1 aromatic heterocycles. The first kappa shape index (κ1) is 17.9. The lowest BCUT2D eigenvalue weighted by Crippen LogP contribution is -2.29. The summed E-state index contributed by atoms with van der Waals surface area (Å²) >= 11 is 0. The van der Waals surface area contributed by atoms with Crippen LogP contribution in [0.5, 0.6) is 5.88 Å². The molecule has 3 aromatic rings. The van der Waals surface area contributed by atoms with Gasteiger partial charge in [-0.1, -0.05) is 36.4 Å². The number of aromatic amines is 1. The summed E-state index contributed by atoms with van der Waals surface area (Å²) in [5.74, 6) is -0.101. The minimum atomic E-state index is -0.486. The Labute approximate surface area is 160 Å². The van der Waals surface area contributed by atoms with Gasteiger partial charge in [0.25, 0.3) is 0 Å². The largest absolute Gasteiger partial charge is 0.492 e. The van der Waals surface area contributed by atoms with Crippen LogP contribution in [0.15, 0.2) is 58.5 Å². The Kier molecular flexibility index (Phi) is 4.88. The van der Waals surface area contributed by atoms with Crippen LogP contribution in [0.1, 0.15) is 17.3 Å². The minimum absolute atomic E-state index is 0.115. The number of H-pyrrole nitrogens is 1. The average Bonchev–Trinajstić information content (AvgIpc) is 3.33. The fraction of sp³-hybridized carbons (Fsp3) is 0.150. The predicted molar refractivity (Wildman–Crippen MR) is 105 cm³/mol. The molecule has 0 unspecified atom stereocenters. The lowest BCUT2D eigenvalue weighted by molar-refractivity contribution is 0.122. The van der Waals surface area contributed by atoms with Crippen molar-refractivity contribution in [1.82, 2.24) is 9.97 Å². The van der Waals surface area contributed by atoms with Gasteiger partial charge in [0.05, 0.1) is 17.7 Å². The number of imidazole rings is 1. The molecule has 0 amide bonds. The van der Waals surface area contributed by atoms with E-state index in [0.29, 0.717) is 5.69 Å². The number of nitrogens with one attached hydrogen (secondary N) is 1. The van der Waals surface area contributed by atoms with Crippen molar-refractivity contribution in [1.29, 1.82) is 0 Å². The number of aromatic hydroxyl groups is 1. The molecule has 28 heavy (non-hydrogen) atoms. The number of methoxy groups -OCH3 is 1. The molecule has 0 saturated heterocycles. The molecule has 4 rings (SSSR count). The summed E-state index contributed by atoms with van der Waals surface area (Å²) < 4.78 is 5.24. The lowest BCUT2D eigenvalue weighted by atomic mass is 10.1. The number of aromatic nitrogens is 2. The van der Waals surface area contributed by atoms with Crippen LogP contribution >= 0.6 is 0 Å². The van der Waals surface area contributed by atoms with E-state index in [4.69, 9.17) is 4.74 Å². The van der Waals surface area contributed by atoms with Crippen LogP contribution in [0, 0.1) is 0 Å². The van der Waals surface area contributed by atoms with Crippen LogP contribution in [0.3, 0.4) is 0 Å². The number of ether oxygens (including phenoxy) is 1. The Bertz CT molecular complexity index is 1120. The van der Waals surface area contributed by atoms with Crippen LogP contribution < -0.4 is 15.6 Å². The maximum absolute atomic E-state index is 10.7. The van der Waals surface area contributed by atoms with Gasteiger partial charge < -0.3 is 14.8 Å². The number of hydrogen-bond acceptors (Lipinski definition) is 7. The van der Waals surface area contributed by atoms with E-state index in [2.05, 4.69) is 20.0 Å². The summed E-state index contributed by atoms with van der Waals surface area (Å²) in [4.78, 5) is 15.3. The normalized spacial score (nSPS) is 14.0. The number of fused-ring (bicyclic) bond motifs is 1. The van der Waals surface area contributed by atoms with Crippen molar-refractivity contribution in [3.63, 3.8) is 0 Å². The molecule has 1 aliphatic rings. The lowest BCUT2D eigenvalue weighted by Gasteiger charge is -2.25. The Morgan fingerprint density at radius 1 is 1.21 bits per heavy atom. The molecule has 1 aliphatic heterocycles. The second-order valence-electron chi connectivity index (χ2n) is 6.29. The van der Waals surface area contributed by atoms with Crippen LogP contribution in [0.2, 0.25) is 0 Å². The highest BCUT2D eigenvalue weighted by Crippen LogP contribution is 2.27. The van der Waals surface area contributed by atoms with Gasteiger partial charge in [0, 0.05) is 7.11 Å². The van der Waals surface area contributed by atoms with E-state index >= 15 is 0 Å². The van der Waals surface area contributed by atoms with Crippen molar-refractivity contribution in [2.45, 2.75) is 6.04 Å². The highest BCUT2D eigenvalue weighted by atomic mass is 16.5. The van der Waals surface area contributed by atoms with Gasteiger partial charge in [0.1, 0.15) is 18.1 Å². The molecule has 8 heteroatoms. The van der Waals surface area contributed by atoms with Crippen molar-refractivity contribution < 1.29 is 15.1 Å². The Hall–Kier alpha value is -3.49. The molecule has 0 radical (unpaired) electrons. The third kappa shape index (κ3) is 3.51. The van der Waals surface area contributed by atoms with Crippen molar-refractivity contribution in [3.8, 4) is 5.88 Å². The molecule has 0 saturated carbocycles. The van der Waals surface area contributed by atoms with E-state index in [1.807, 2.05) is 48.5 Å². The van der Waals surface area contributed by atoms with E-state index in [1.165, 1.54) is 6.34 Å². The van der Waals surface area contributed by atoms with Crippen LogP contribution in [0.25, 0.3) is 6.08 Å². The molecule has 142 valence electrons. The first-order valence-electron chi connectivity index (χ1n) is 8.69. The van der Waals surface area contributed by atoms with Gasteiger partial charge in [0.2, 0.25) is 11.8 Å². The SMILES string of the molecule is COC[C@@H](c1ccccc1)N(O)c1nc(O)c(C=c2ccc3c(c2)N=CN=3)[nH]1. The van der Waals surface area contributed by atoms with Gasteiger partial charge in [-0.3, -0.25) is 5.21 Å². The first-order valence-corrected chi connectivity index (χ1v) is 8.69. The van der Waals surface area contributed by atoms with E-state index in [0.717, 1.165) is 26.9 Å². The zero-order valence-corrected chi connectivity index (χ0v) is 15.1. The Morgan fingerprint density at radius 3 is 2.82 bits per heavy atom. The summed E-state index contributed by atoms with van der Waals surface area (Å²) in [6, 6.07) is 14.5. The van der Waals surface area contributed by atoms with E-state index in [9.17, 15) is 10.3 Å². The number of anilines is 1. The molecule has 8 nitrogen and oxygen atoms in total. The molecule has 1 atom stereocenters. The monoisotopic (exact) mass is 377 g/mol. The van der Waals surface area contributed by atoms with Gasteiger partial charge in [-0.2, -0.15) is 4.98 Å². The first-order chi connectivity index (χ1) is 13.7. The molecule has 0 spiro atoms. The second-order valence-corrected chi connectivity index (χ2v) is 6.29. The Morgan fingerprint density at radius 2 is 2.04 bits per heavy atom. The molecule has 0 bridgehead atoms. The zero-order valence-electron chi connectivity index (χ0n) is 15.1. The van der Waals surface area contributed by atoms with Gasteiger partial charge in [-0.05, 0) is 29.0 Å². The summed E-state index contributed by atoms with van der Waals surface area (Å²) in [5, 5.41) is 23.5. The molecular weight excluding hydrogens is 358 g/mol. The third-order valence-corrected chi connectivity index (χ3v) is 4.42. The highest BCUT2D eigenvalue weighted by molar-refractivity contribution is 5.67. The molecule has 0 aliphatic carbocycles. The second kappa shape index (κ2) is 7.63. The van der Waals surface area contributed by atoms with Crippen LogP contribution in [0.4, 0.5) is 11.6 Å². The average molecular weight is 377 g/mol. The number of rotatable bonds is 6. The maximum atomic E-state index is 10.7. The highest BCUT2D eigenvalue weighted by Gasteiger charge is 2.23. The standard InChI is InChI=1S/C20H19N5O3/c1-28-11-18(14-5-3-2-4-6-14)25(27)20-23-17(19(26)24-20)10-13-7-8-15-16(9-13)22-12-21-15/h2-10,12,18,26-27H,11H2,1H3,(H,23,24)/t18-/m0/s1. The quantitative estimate of drug-likeness (QED) is 0.568.